The number of hydrogen-bond acceptors (Lipinski definition) is 5. The number of nitrogens with zero attached hydrogens (tertiary/aromatic N) is 1. The summed E-state index contributed by atoms with van der Waals surface area (Å²) in [6.45, 7) is 4.54. The van der Waals surface area contributed by atoms with E-state index in [4.69, 9.17) is 14.2 Å². The van der Waals surface area contributed by atoms with Crippen LogP contribution in [0, 0.1) is 0 Å². The van der Waals surface area contributed by atoms with Crippen molar-refractivity contribution in [2.24, 2.45) is 0 Å². The lowest BCUT2D eigenvalue weighted by atomic mass is 9.91. The fourth-order valence-corrected chi connectivity index (χ4v) is 4.46. The number of methoxy groups -OCH3 is 3. The highest BCUT2D eigenvalue weighted by Crippen LogP contribution is 2.45. The maximum absolute atomic E-state index is 13.4. The number of hydrogen-bond donors (Lipinski definition) is 1. The zero-order valence-corrected chi connectivity index (χ0v) is 20.7. The molecule has 0 radical (unpaired) electrons. The van der Waals surface area contributed by atoms with E-state index < -0.39 is 11.9 Å². The average molecular weight is 474 g/mol. The molecule has 0 bridgehead atoms. The summed E-state index contributed by atoms with van der Waals surface area (Å²) in [4.78, 5) is 15.1. The highest BCUT2D eigenvalue weighted by Gasteiger charge is 2.41. The van der Waals surface area contributed by atoms with E-state index in [1.807, 2.05) is 48.5 Å². The number of benzene rings is 3. The van der Waals surface area contributed by atoms with Gasteiger partial charge in [0.25, 0.3) is 5.91 Å². The van der Waals surface area contributed by atoms with Crippen molar-refractivity contribution in [3.8, 4) is 17.2 Å². The molecule has 3 aromatic carbocycles. The van der Waals surface area contributed by atoms with Crippen molar-refractivity contribution in [3.63, 3.8) is 0 Å². The Morgan fingerprint density at radius 2 is 1.49 bits per heavy atom. The van der Waals surface area contributed by atoms with Crippen LogP contribution in [-0.2, 0) is 11.3 Å². The van der Waals surface area contributed by atoms with E-state index in [0.717, 1.165) is 16.7 Å². The minimum atomic E-state index is -0.469. The Kier molecular flexibility index (Phi) is 7.01. The van der Waals surface area contributed by atoms with Gasteiger partial charge in [-0.3, -0.25) is 4.79 Å². The van der Waals surface area contributed by atoms with E-state index in [1.165, 1.54) is 5.56 Å². The number of aliphatic hydroxyl groups is 1. The lowest BCUT2D eigenvalue weighted by molar-refractivity contribution is -0.130. The molecule has 0 aromatic heterocycles. The molecule has 0 unspecified atom stereocenters. The second kappa shape index (κ2) is 10.1. The number of carbonyl (C=O) groups excluding carboxylic acids is 1. The minimum absolute atomic E-state index is 0.249. The molecule has 1 heterocycles. The molecule has 0 saturated carbocycles. The van der Waals surface area contributed by atoms with Crippen LogP contribution in [0.25, 0.3) is 5.57 Å². The standard InChI is InChI=1S/C29H31NO5/c1-18(2)19-6-8-21(9-7-19)27-26(20-10-13-23(33-3)14-11-20)28(31)29(32)30(27)17-22-12-15-24(34-4)16-25(22)35-5/h6-16,18,27,31H,17H2,1-5H3/t27-/m1/s1. The van der Waals surface area contributed by atoms with Crippen molar-refractivity contribution in [3.05, 3.63) is 94.7 Å². The Hall–Kier alpha value is -3.93. The molecule has 1 aliphatic rings. The third-order valence-electron chi connectivity index (χ3n) is 6.46. The fraction of sp³-hybridized carbons (Fsp3) is 0.276. The van der Waals surface area contributed by atoms with Gasteiger partial charge in [-0.1, -0.05) is 50.2 Å². The summed E-state index contributed by atoms with van der Waals surface area (Å²) in [5, 5.41) is 11.1. The lowest BCUT2D eigenvalue weighted by Gasteiger charge is -2.28. The summed E-state index contributed by atoms with van der Waals surface area (Å²) in [5.74, 6) is 1.70. The van der Waals surface area contributed by atoms with Crippen molar-refractivity contribution >= 4 is 11.5 Å². The van der Waals surface area contributed by atoms with Crippen LogP contribution < -0.4 is 14.2 Å². The SMILES string of the molecule is COc1ccc(C2=C(O)C(=O)N(Cc3ccc(OC)cc3OC)[C@@H]2c2ccc(C(C)C)cc2)cc1. The lowest BCUT2D eigenvalue weighted by Crippen LogP contribution is -2.30. The molecule has 0 aliphatic carbocycles. The first kappa shape index (κ1) is 24.2. The van der Waals surface area contributed by atoms with Crippen LogP contribution in [0.3, 0.4) is 0 Å². The number of rotatable bonds is 8. The van der Waals surface area contributed by atoms with Crippen molar-refractivity contribution in [1.82, 2.24) is 4.90 Å². The van der Waals surface area contributed by atoms with E-state index in [1.54, 1.807) is 32.3 Å². The summed E-state index contributed by atoms with van der Waals surface area (Å²) in [5.41, 5.74) is 4.28. The maximum atomic E-state index is 13.4. The molecule has 0 saturated heterocycles. The molecule has 3 aromatic rings. The Balaban J connectivity index is 1.80. The summed E-state index contributed by atoms with van der Waals surface area (Å²) in [7, 11) is 4.79. The molecule has 1 amide bonds. The first-order valence-electron chi connectivity index (χ1n) is 11.6. The predicted molar refractivity (Wildman–Crippen MR) is 136 cm³/mol. The van der Waals surface area contributed by atoms with E-state index in [0.29, 0.717) is 28.7 Å². The van der Waals surface area contributed by atoms with Gasteiger partial charge in [-0.15, -0.1) is 0 Å². The van der Waals surface area contributed by atoms with Crippen LogP contribution in [0.5, 0.6) is 17.2 Å². The molecule has 1 N–H and O–H groups in total. The predicted octanol–water partition coefficient (Wildman–Crippen LogP) is 5.89. The van der Waals surface area contributed by atoms with Crippen LogP contribution in [-0.4, -0.2) is 37.2 Å². The first-order valence-corrected chi connectivity index (χ1v) is 11.6. The van der Waals surface area contributed by atoms with Gasteiger partial charge in [0.05, 0.1) is 33.9 Å². The molecule has 6 nitrogen and oxygen atoms in total. The molecular formula is C29H31NO5. The van der Waals surface area contributed by atoms with Crippen molar-refractivity contribution in [2.75, 3.05) is 21.3 Å². The zero-order valence-electron chi connectivity index (χ0n) is 20.7. The van der Waals surface area contributed by atoms with Gasteiger partial charge < -0.3 is 24.2 Å². The van der Waals surface area contributed by atoms with Gasteiger partial charge in [-0.25, -0.2) is 0 Å². The third-order valence-corrected chi connectivity index (χ3v) is 6.46. The molecule has 0 spiro atoms. The number of ether oxygens (including phenoxy) is 3. The Morgan fingerprint density at radius 1 is 0.857 bits per heavy atom. The van der Waals surface area contributed by atoms with Gasteiger partial charge >= 0.3 is 0 Å². The van der Waals surface area contributed by atoms with Gasteiger partial charge in [-0.05, 0) is 46.9 Å². The number of aliphatic hydroxyl groups excluding tert-OH is 1. The first-order chi connectivity index (χ1) is 16.9. The highest BCUT2D eigenvalue weighted by atomic mass is 16.5. The van der Waals surface area contributed by atoms with E-state index in [2.05, 4.69) is 26.0 Å². The summed E-state index contributed by atoms with van der Waals surface area (Å²) in [6, 6.07) is 20.7. The van der Waals surface area contributed by atoms with Crippen LogP contribution in [0.2, 0.25) is 0 Å². The smallest absolute Gasteiger partial charge is 0.290 e. The van der Waals surface area contributed by atoms with Gasteiger partial charge in [0.15, 0.2) is 5.76 Å². The largest absolute Gasteiger partial charge is 0.503 e. The van der Waals surface area contributed by atoms with Crippen molar-refractivity contribution in [1.29, 1.82) is 0 Å². The topological polar surface area (TPSA) is 68.2 Å². The second-order valence-corrected chi connectivity index (χ2v) is 8.83. The van der Waals surface area contributed by atoms with Crippen LogP contribution >= 0.6 is 0 Å². The third kappa shape index (κ3) is 4.69. The average Bonchev–Trinajstić information content (AvgIpc) is 3.13. The van der Waals surface area contributed by atoms with E-state index in [9.17, 15) is 9.90 Å². The van der Waals surface area contributed by atoms with Crippen LogP contribution in [0.4, 0.5) is 0 Å². The minimum Gasteiger partial charge on any atom is -0.503 e. The van der Waals surface area contributed by atoms with Crippen molar-refractivity contribution < 1.29 is 24.1 Å². The van der Waals surface area contributed by atoms with Gasteiger partial charge in [0.2, 0.25) is 0 Å². The Labute approximate surface area is 206 Å². The highest BCUT2D eigenvalue weighted by molar-refractivity contribution is 6.05. The maximum Gasteiger partial charge on any atom is 0.290 e. The van der Waals surface area contributed by atoms with Crippen LogP contribution in [0.1, 0.15) is 48.1 Å². The Bertz CT molecular complexity index is 1230. The zero-order chi connectivity index (χ0) is 25.1. The molecule has 1 atom stereocenters. The monoisotopic (exact) mass is 473 g/mol. The summed E-state index contributed by atoms with van der Waals surface area (Å²) in [6.07, 6.45) is 0. The summed E-state index contributed by atoms with van der Waals surface area (Å²) >= 11 is 0. The van der Waals surface area contributed by atoms with Gasteiger partial charge in [0, 0.05) is 17.2 Å². The molecular weight excluding hydrogens is 442 g/mol. The van der Waals surface area contributed by atoms with E-state index >= 15 is 0 Å². The van der Waals surface area contributed by atoms with Gasteiger partial charge in [0.1, 0.15) is 17.2 Å². The molecule has 35 heavy (non-hydrogen) atoms. The second-order valence-electron chi connectivity index (χ2n) is 8.83. The molecule has 182 valence electrons. The molecule has 1 aliphatic heterocycles. The number of amides is 1. The molecule has 0 fully saturated rings. The fourth-order valence-electron chi connectivity index (χ4n) is 4.46. The number of carbonyl (C=O) groups is 1. The normalized spacial score (nSPS) is 15.7. The van der Waals surface area contributed by atoms with E-state index in [-0.39, 0.29) is 12.3 Å². The van der Waals surface area contributed by atoms with Crippen molar-refractivity contribution in [2.45, 2.75) is 32.4 Å². The van der Waals surface area contributed by atoms with Crippen LogP contribution in [0.15, 0.2) is 72.5 Å². The summed E-state index contributed by atoms with van der Waals surface area (Å²) < 4.78 is 16.2. The molecule has 4 rings (SSSR count). The quantitative estimate of drug-likeness (QED) is 0.442. The van der Waals surface area contributed by atoms with Gasteiger partial charge in [-0.2, -0.15) is 0 Å². The Morgan fingerprint density at radius 3 is 2.06 bits per heavy atom. The molecule has 6 heteroatoms.